The number of aromatic amines is 1. The van der Waals surface area contributed by atoms with Crippen LogP contribution in [-0.2, 0) is 17.7 Å². The van der Waals surface area contributed by atoms with Crippen LogP contribution in [0.3, 0.4) is 0 Å². The number of likely N-dealkylation sites (N-methyl/N-ethyl adjacent to an activating group) is 1. The largest absolute Gasteiger partial charge is 0.378 e. The third-order valence-corrected chi connectivity index (χ3v) is 4.92. The van der Waals surface area contributed by atoms with E-state index >= 15 is 0 Å². The van der Waals surface area contributed by atoms with Crippen molar-refractivity contribution in [1.29, 1.82) is 0 Å². The number of nitrogens with one attached hydrogen (secondary N) is 1. The fourth-order valence-electron chi connectivity index (χ4n) is 3.29. The Kier molecular flexibility index (Phi) is 4.81. The molecule has 1 aliphatic rings. The van der Waals surface area contributed by atoms with Crippen molar-refractivity contribution in [3.63, 3.8) is 0 Å². The van der Waals surface area contributed by atoms with Gasteiger partial charge in [0.05, 0.1) is 31.0 Å². The summed E-state index contributed by atoms with van der Waals surface area (Å²) in [5.74, 6) is 1.68. The zero-order valence-electron chi connectivity index (χ0n) is 15.2. The van der Waals surface area contributed by atoms with Crippen LogP contribution < -0.4 is 0 Å². The number of nitrogens with zero attached hydrogens (tertiary/aromatic N) is 5. The maximum atomic E-state index is 5.71. The standard InChI is InChI=1S/C19H24N6O/c1-14-16(12-20-22-14)18-21-19(17-13-26-11-10-24(17)2)25(23-18)9-8-15-6-4-3-5-7-15/h3-7,12,17H,8-11,13H2,1-2H3,(H,20,22)/t17-/m1/s1. The first-order chi connectivity index (χ1) is 12.7. The second kappa shape index (κ2) is 7.39. The van der Waals surface area contributed by atoms with E-state index in [1.165, 1.54) is 5.56 Å². The van der Waals surface area contributed by atoms with Gasteiger partial charge in [-0.25, -0.2) is 9.67 Å². The van der Waals surface area contributed by atoms with E-state index in [-0.39, 0.29) is 6.04 Å². The minimum absolute atomic E-state index is 0.119. The van der Waals surface area contributed by atoms with Gasteiger partial charge in [0.2, 0.25) is 0 Å². The summed E-state index contributed by atoms with van der Waals surface area (Å²) in [6.07, 6.45) is 2.70. The minimum Gasteiger partial charge on any atom is -0.378 e. The van der Waals surface area contributed by atoms with Gasteiger partial charge < -0.3 is 4.74 Å². The van der Waals surface area contributed by atoms with Crippen molar-refractivity contribution >= 4 is 0 Å². The van der Waals surface area contributed by atoms with Crippen molar-refractivity contribution < 1.29 is 4.74 Å². The predicted octanol–water partition coefficient (Wildman–Crippen LogP) is 2.22. The normalized spacial score (nSPS) is 18.3. The molecular weight excluding hydrogens is 328 g/mol. The summed E-state index contributed by atoms with van der Waals surface area (Å²) in [4.78, 5) is 7.16. The smallest absolute Gasteiger partial charge is 0.184 e. The van der Waals surface area contributed by atoms with Crippen molar-refractivity contribution in [3.8, 4) is 11.4 Å². The second-order valence-corrected chi connectivity index (χ2v) is 6.73. The van der Waals surface area contributed by atoms with Gasteiger partial charge in [0.15, 0.2) is 5.82 Å². The quantitative estimate of drug-likeness (QED) is 0.762. The van der Waals surface area contributed by atoms with E-state index in [1.807, 2.05) is 17.7 Å². The summed E-state index contributed by atoms with van der Waals surface area (Å²) in [6.45, 7) is 5.08. The van der Waals surface area contributed by atoms with Crippen molar-refractivity contribution in [2.75, 3.05) is 26.8 Å². The van der Waals surface area contributed by atoms with Crippen LogP contribution in [0.2, 0.25) is 0 Å². The highest BCUT2D eigenvalue weighted by Crippen LogP contribution is 2.25. The van der Waals surface area contributed by atoms with Crippen LogP contribution in [0.4, 0.5) is 0 Å². The summed E-state index contributed by atoms with van der Waals surface area (Å²) in [5, 5.41) is 11.9. The monoisotopic (exact) mass is 352 g/mol. The van der Waals surface area contributed by atoms with E-state index in [0.717, 1.165) is 49.0 Å². The lowest BCUT2D eigenvalue weighted by molar-refractivity contribution is 0.000197. The number of rotatable bonds is 5. The van der Waals surface area contributed by atoms with E-state index < -0.39 is 0 Å². The molecule has 3 heterocycles. The molecule has 0 bridgehead atoms. The van der Waals surface area contributed by atoms with Crippen molar-refractivity contribution in [3.05, 3.63) is 53.6 Å². The van der Waals surface area contributed by atoms with Gasteiger partial charge in [-0.1, -0.05) is 30.3 Å². The van der Waals surface area contributed by atoms with Crippen molar-refractivity contribution in [2.24, 2.45) is 0 Å². The number of hydrogen-bond acceptors (Lipinski definition) is 5. The Labute approximate surface area is 153 Å². The van der Waals surface area contributed by atoms with Gasteiger partial charge in [-0.05, 0) is 26.0 Å². The number of aromatic nitrogens is 5. The first-order valence-corrected chi connectivity index (χ1v) is 8.99. The lowest BCUT2D eigenvalue weighted by Gasteiger charge is -2.31. The van der Waals surface area contributed by atoms with E-state index in [4.69, 9.17) is 14.8 Å². The molecular formula is C19H24N6O. The number of benzene rings is 1. The Hall–Kier alpha value is -2.51. The molecule has 136 valence electrons. The van der Waals surface area contributed by atoms with E-state index in [9.17, 15) is 0 Å². The molecule has 1 saturated heterocycles. The van der Waals surface area contributed by atoms with Crippen LogP contribution in [0.5, 0.6) is 0 Å². The fourth-order valence-corrected chi connectivity index (χ4v) is 3.29. The van der Waals surface area contributed by atoms with Crippen molar-refractivity contribution in [2.45, 2.75) is 25.9 Å². The summed E-state index contributed by atoms with van der Waals surface area (Å²) in [6, 6.07) is 10.6. The third-order valence-electron chi connectivity index (χ3n) is 4.92. The highest BCUT2D eigenvalue weighted by Gasteiger charge is 2.28. The first-order valence-electron chi connectivity index (χ1n) is 8.99. The van der Waals surface area contributed by atoms with Crippen LogP contribution in [0.25, 0.3) is 11.4 Å². The Balaban J connectivity index is 1.65. The molecule has 26 heavy (non-hydrogen) atoms. The molecule has 1 aliphatic heterocycles. The molecule has 4 rings (SSSR count). The average molecular weight is 352 g/mol. The topological polar surface area (TPSA) is 71.9 Å². The Bertz CT molecular complexity index is 856. The molecule has 0 unspecified atom stereocenters. The van der Waals surface area contributed by atoms with Gasteiger partial charge in [-0.3, -0.25) is 10.00 Å². The van der Waals surface area contributed by atoms with Crippen LogP contribution in [0, 0.1) is 6.92 Å². The molecule has 1 N–H and O–H groups in total. The summed E-state index contributed by atoms with van der Waals surface area (Å²) >= 11 is 0. The zero-order valence-corrected chi connectivity index (χ0v) is 15.2. The minimum atomic E-state index is 0.119. The third kappa shape index (κ3) is 3.40. The summed E-state index contributed by atoms with van der Waals surface area (Å²) in [7, 11) is 2.12. The van der Waals surface area contributed by atoms with Crippen LogP contribution >= 0.6 is 0 Å². The lowest BCUT2D eigenvalue weighted by Crippen LogP contribution is -2.38. The van der Waals surface area contributed by atoms with Crippen LogP contribution in [0.1, 0.15) is 23.1 Å². The molecule has 3 aromatic rings. The summed E-state index contributed by atoms with van der Waals surface area (Å²) < 4.78 is 7.74. The second-order valence-electron chi connectivity index (χ2n) is 6.73. The number of morpholine rings is 1. The Morgan fingerprint density at radius 3 is 2.85 bits per heavy atom. The van der Waals surface area contributed by atoms with Gasteiger partial charge in [-0.2, -0.15) is 10.2 Å². The average Bonchev–Trinajstić information content (AvgIpc) is 3.27. The number of aryl methyl sites for hydroxylation is 3. The van der Waals surface area contributed by atoms with Crippen LogP contribution in [0.15, 0.2) is 36.5 Å². The van der Waals surface area contributed by atoms with E-state index in [1.54, 1.807) is 6.20 Å². The molecule has 7 heteroatoms. The van der Waals surface area contributed by atoms with Gasteiger partial charge in [0, 0.05) is 18.8 Å². The number of hydrogen-bond donors (Lipinski definition) is 1. The highest BCUT2D eigenvalue weighted by molar-refractivity contribution is 5.56. The maximum Gasteiger partial charge on any atom is 0.184 e. The molecule has 1 fully saturated rings. The molecule has 1 aromatic carbocycles. The molecule has 1 atom stereocenters. The van der Waals surface area contributed by atoms with E-state index in [2.05, 4.69) is 46.4 Å². The molecule has 0 aliphatic carbocycles. The lowest BCUT2D eigenvalue weighted by atomic mass is 10.1. The molecule has 0 spiro atoms. The van der Waals surface area contributed by atoms with Gasteiger partial charge >= 0.3 is 0 Å². The molecule has 7 nitrogen and oxygen atoms in total. The Morgan fingerprint density at radius 2 is 2.12 bits per heavy atom. The molecule has 0 radical (unpaired) electrons. The zero-order chi connectivity index (χ0) is 17.9. The highest BCUT2D eigenvalue weighted by atomic mass is 16.5. The van der Waals surface area contributed by atoms with Gasteiger partial charge in [0.1, 0.15) is 5.82 Å². The molecule has 0 saturated carbocycles. The molecule has 0 amide bonds. The van der Waals surface area contributed by atoms with Crippen molar-refractivity contribution in [1.82, 2.24) is 29.9 Å². The van der Waals surface area contributed by atoms with Gasteiger partial charge in [-0.15, -0.1) is 0 Å². The van der Waals surface area contributed by atoms with Crippen LogP contribution in [-0.4, -0.2) is 56.7 Å². The summed E-state index contributed by atoms with van der Waals surface area (Å²) in [5.41, 5.74) is 3.22. The fraction of sp³-hybridized carbons (Fsp3) is 0.421. The Morgan fingerprint density at radius 1 is 1.27 bits per heavy atom. The van der Waals surface area contributed by atoms with Gasteiger partial charge in [0.25, 0.3) is 0 Å². The number of ether oxygens (including phenoxy) is 1. The maximum absolute atomic E-state index is 5.71. The predicted molar refractivity (Wildman–Crippen MR) is 98.7 cm³/mol. The molecule has 2 aromatic heterocycles. The number of H-pyrrole nitrogens is 1. The SMILES string of the molecule is Cc1[nH]ncc1-c1nc([C@H]2COCCN2C)n(CCc2ccccc2)n1. The first kappa shape index (κ1) is 16.9. The van der Waals surface area contributed by atoms with E-state index in [0.29, 0.717) is 6.61 Å².